The number of carbonyl (C=O) groups excluding carboxylic acids is 2. The van der Waals surface area contributed by atoms with E-state index in [-0.39, 0.29) is 11.1 Å². The summed E-state index contributed by atoms with van der Waals surface area (Å²) < 4.78 is 10.5. The van der Waals surface area contributed by atoms with Gasteiger partial charge in [-0.05, 0) is 93.6 Å². The molecular weight excluding hydrogens is 781 g/mol. The zero-order valence-corrected chi connectivity index (χ0v) is 33.6. The SMILES string of the molecule is C=CC(=O)Nc1cccc(-c2nccc3c(N)nc(Nc4ccc(N5CCOCC5)cc4)nc23)c1.CC(C)(C)OC(=O)Nc1cccnc1Cl.Nc1cccnc1Cl. The highest BCUT2D eigenvalue weighted by Gasteiger charge is 2.17. The number of rotatable bonds is 7. The summed E-state index contributed by atoms with van der Waals surface area (Å²) in [6.45, 7) is 12.1. The molecular formula is C41H43Cl2N11O4. The Morgan fingerprint density at radius 1 is 0.845 bits per heavy atom. The van der Waals surface area contributed by atoms with Crippen LogP contribution >= 0.6 is 23.2 Å². The first-order chi connectivity index (χ1) is 27.8. The smallest absolute Gasteiger partial charge is 0.412 e. The van der Waals surface area contributed by atoms with Crippen LogP contribution in [0.5, 0.6) is 0 Å². The van der Waals surface area contributed by atoms with Crippen molar-refractivity contribution in [2.45, 2.75) is 26.4 Å². The van der Waals surface area contributed by atoms with E-state index in [2.05, 4.69) is 59.5 Å². The van der Waals surface area contributed by atoms with Crippen LogP contribution in [-0.2, 0) is 14.3 Å². The summed E-state index contributed by atoms with van der Waals surface area (Å²) in [5.41, 5.74) is 16.7. The normalized spacial score (nSPS) is 12.2. The quantitative estimate of drug-likeness (QED) is 0.0758. The number of halogens is 2. The van der Waals surface area contributed by atoms with Crippen molar-refractivity contribution >= 4 is 86.3 Å². The molecule has 0 saturated carbocycles. The lowest BCUT2D eigenvalue weighted by Gasteiger charge is -2.28. The number of fused-ring (bicyclic) bond motifs is 1. The number of nitrogens with two attached hydrogens (primary N) is 2. The number of nitrogen functional groups attached to an aromatic ring is 2. The maximum absolute atomic E-state index is 11.7. The number of aromatic nitrogens is 5. The molecule has 300 valence electrons. The fourth-order valence-electron chi connectivity index (χ4n) is 5.28. The molecule has 15 nitrogen and oxygen atoms in total. The van der Waals surface area contributed by atoms with Crippen LogP contribution in [0.15, 0.2) is 110 Å². The Bertz CT molecular complexity index is 2330. The second-order valence-electron chi connectivity index (χ2n) is 13.4. The fraction of sp³-hybridized carbons (Fsp3) is 0.195. The number of amides is 2. The molecule has 0 unspecified atom stereocenters. The third-order valence-corrected chi connectivity index (χ3v) is 8.53. The molecule has 58 heavy (non-hydrogen) atoms. The third kappa shape index (κ3) is 12.5. The Hall–Kier alpha value is -6.55. The molecule has 6 aromatic rings. The van der Waals surface area contributed by atoms with E-state index in [1.54, 1.807) is 75.8 Å². The summed E-state index contributed by atoms with van der Waals surface area (Å²) in [7, 11) is 0. The van der Waals surface area contributed by atoms with Gasteiger partial charge in [-0.3, -0.25) is 15.1 Å². The molecule has 7 rings (SSSR count). The largest absolute Gasteiger partial charge is 0.444 e. The van der Waals surface area contributed by atoms with Crippen LogP contribution < -0.4 is 32.3 Å². The van der Waals surface area contributed by atoms with Gasteiger partial charge in [-0.2, -0.15) is 4.98 Å². The molecule has 0 atom stereocenters. The molecule has 1 aliphatic rings. The van der Waals surface area contributed by atoms with E-state index in [0.29, 0.717) is 50.6 Å². The monoisotopic (exact) mass is 823 g/mol. The summed E-state index contributed by atoms with van der Waals surface area (Å²) in [6, 6.07) is 24.0. The predicted molar refractivity (Wildman–Crippen MR) is 232 cm³/mol. The maximum atomic E-state index is 11.7. The number of anilines is 7. The molecule has 1 fully saturated rings. The highest BCUT2D eigenvalue weighted by Crippen LogP contribution is 2.31. The summed E-state index contributed by atoms with van der Waals surface area (Å²) in [5.74, 6) is 0.437. The van der Waals surface area contributed by atoms with Crippen molar-refractivity contribution in [3.8, 4) is 11.3 Å². The minimum Gasteiger partial charge on any atom is -0.444 e. The number of pyridine rings is 3. The van der Waals surface area contributed by atoms with Gasteiger partial charge in [-0.25, -0.2) is 19.7 Å². The van der Waals surface area contributed by atoms with Gasteiger partial charge < -0.3 is 36.5 Å². The molecule has 4 aromatic heterocycles. The van der Waals surface area contributed by atoms with Gasteiger partial charge in [-0.15, -0.1) is 0 Å². The zero-order chi connectivity index (χ0) is 41.7. The molecule has 0 radical (unpaired) electrons. The number of hydrogen-bond acceptors (Lipinski definition) is 13. The van der Waals surface area contributed by atoms with Gasteiger partial charge in [0.15, 0.2) is 10.3 Å². The minimum absolute atomic E-state index is 0.239. The van der Waals surface area contributed by atoms with Gasteiger partial charge in [0.05, 0.1) is 30.3 Å². The van der Waals surface area contributed by atoms with Crippen molar-refractivity contribution in [2.24, 2.45) is 0 Å². The maximum Gasteiger partial charge on any atom is 0.412 e. The third-order valence-electron chi connectivity index (χ3n) is 7.92. The van der Waals surface area contributed by atoms with E-state index in [1.165, 1.54) is 6.08 Å². The van der Waals surface area contributed by atoms with E-state index in [9.17, 15) is 9.59 Å². The standard InChI is InChI=1S/C26H25N7O2.C10H13ClN2O2.C5H5ClN2/c1-2-22(34)29-19-5-3-4-17(16-19)23-24-21(10-11-28-23)25(27)32-26(31-24)30-18-6-8-20(9-7-18)33-12-14-35-15-13-33;1-10(2,3)15-9(14)13-7-5-4-6-12-8(7)11;6-5-4(7)2-1-3-8-5/h2-11,16H,1,12-15H2,(H,29,34)(H3,27,30,31,32);4-6H,1-3H3,(H,13,14);1-3H,7H2. The Kier molecular flexibility index (Phi) is 14.7. The fourth-order valence-corrected chi connectivity index (χ4v) is 5.57. The van der Waals surface area contributed by atoms with Crippen molar-refractivity contribution in [3.63, 3.8) is 0 Å². The van der Waals surface area contributed by atoms with Gasteiger partial charge in [0.25, 0.3) is 0 Å². The molecule has 7 N–H and O–H groups in total. The van der Waals surface area contributed by atoms with Crippen molar-refractivity contribution in [1.82, 2.24) is 24.9 Å². The first-order valence-electron chi connectivity index (χ1n) is 17.9. The molecule has 1 aliphatic heterocycles. The van der Waals surface area contributed by atoms with Crippen molar-refractivity contribution < 1.29 is 19.1 Å². The molecule has 17 heteroatoms. The number of morpholine rings is 1. The topological polar surface area (TPSA) is 208 Å². The number of hydrogen-bond donors (Lipinski definition) is 5. The van der Waals surface area contributed by atoms with Crippen LogP contribution in [0.1, 0.15) is 20.8 Å². The van der Waals surface area contributed by atoms with Crippen LogP contribution in [-0.4, -0.2) is 68.8 Å². The molecule has 5 heterocycles. The van der Waals surface area contributed by atoms with Crippen LogP contribution in [0.25, 0.3) is 22.2 Å². The number of carbonyl (C=O) groups is 2. The van der Waals surface area contributed by atoms with E-state index in [0.717, 1.165) is 43.2 Å². The summed E-state index contributed by atoms with van der Waals surface area (Å²) in [4.78, 5) is 46.6. The Morgan fingerprint density at radius 2 is 1.55 bits per heavy atom. The van der Waals surface area contributed by atoms with Gasteiger partial charge in [-0.1, -0.05) is 41.9 Å². The van der Waals surface area contributed by atoms with Crippen molar-refractivity contribution in [2.75, 3.05) is 58.6 Å². The minimum atomic E-state index is -0.544. The highest BCUT2D eigenvalue weighted by molar-refractivity contribution is 6.32. The second kappa shape index (κ2) is 20.0. The van der Waals surface area contributed by atoms with Gasteiger partial charge >= 0.3 is 6.09 Å². The lowest BCUT2D eigenvalue weighted by Crippen LogP contribution is -2.36. The summed E-state index contributed by atoms with van der Waals surface area (Å²) >= 11 is 11.2. The van der Waals surface area contributed by atoms with Gasteiger partial charge in [0.1, 0.15) is 16.9 Å². The molecule has 1 saturated heterocycles. The van der Waals surface area contributed by atoms with Crippen LogP contribution in [0.3, 0.4) is 0 Å². The Labute approximate surface area is 345 Å². The van der Waals surface area contributed by atoms with Crippen LogP contribution in [0.2, 0.25) is 10.3 Å². The molecule has 2 amide bonds. The predicted octanol–water partition coefficient (Wildman–Crippen LogP) is 8.38. The number of ether oxygens (including phenoxy) is 2. The average Bonchev–Trinajstić information content (AvgIpc) is 3.20. The average molecular weight is 825 g/mol. The number of nitrogens with one attached hydrogen (secondary N) is 3. The van der Waals surface area contributed by atoms with Crippen molar-refractivity contribution in [1.29, 1.82) is 0 Å². The van der Waals surface area contributed by atoms with E-state index in [1.807, 2.05) is 30.3 Å². The lowest BCUT2D eigenvalue weighted by molar-refractivity contribution is -0.111. The Morgan fingerprint density at radius 3 is 2.19 bits per heavy atom. The first kappa shape index (κ1) is 42.6. The molecule has 0 bridgehead atoms. The first-order valence-corrected chi connectivity index (χ1v) is 18.7. The summed E-state index contributed by atoms with van der Waals surface area (Å²) in [5, 5.41) is 9.83. The number of nitrogens with zero attached hydrogens (tertiary/aromatic N) is 6. The van der Waals surface area contributed by atoms with E-state index >= 15 is 0 Å². The van der Waals surface area contributed by atoms with Gasteiger partial charge in [0, 0.05) is 59.7 Å². The highest BCUT2D eigenvalue weighted by atomic mass is 35.5. The second-order valence-corrected chi connectivity index (χ2v) is 14.1. The number of benzene rings is 2. The molecule has 0 aliphatic carbocycles. The van der Waals surface area contributed by atoms with Crippen molar-refractivity contribution in [3.05, 3.63) is 120 Å². The van der Waals surface area contributed by atoms with Crippen LogP contribution in [0.4, 0.5) is 45.0 Å². The lowest BCUT2D eigenvalue weighted by atomic mass is 10.1. The van der Waals surface area contributed by atoms with Gasteiger partial charge in [0.2, 0.25) is 11.9 Å². The molecule has 0 spiro atoms. The van der Waals surface area contributed by atoms with E-state index in [4.69, 9.17) is 49.1 Å². The Balaban J connectivity index is 0.000000228. The summed E-state index contributed by atoms with van der Waals surface area (Å²) in [6.07, 6.45) is 5.49. The van der Waals surface area contributed by atoms with Crippen LogP contribution in [0, 0.1) is 0 Å². The zero-order valence-electron chi connectivity index (χ0n) is 32.1. The molecule has 2 aromatic carbocycles. The van der Waals surface area contributed by atoms with E-state index < -0.39 is 11.7 Å².